The Morgan fingerprint density at radius 2 is 0.771 bits per heavy atom. The van der Waals surface area contributed by atoms with Gasteiger partial charge in [0.05, 0.1) is 19.8 Å². The van der Waals surface area contributed by atoms with E-state index in [0.717, 1.165) is 116 Å². The van der Waals surface area contributed by atoms with Crippen LogP contribution in [0.1, 0.15) is 213 Å². The standard InChI is InChI=1S/C58H97O11P/c1-4-7-10-13-16-19-22-24-26-27-29-30-33-35-38-41-44-47-56(60)65-51-55(69-58(62)49-46-43-40-37-34-31-28-25-23-20-17-14-11-8-5-2)53-67-70(63,64)66-52-54(50-59)68-57(61)48-45-42-39-36-32-21-18-15-12-9-6-3/h7,10,15-20,24-26,28-30,35,38,54-55,59H,4-6,8-9,11-14,21-23,27,31-34,36-37,39-53H2,1-3H3,(H,63,64)/b10-7-,18-15-,19-16-,20-17-,26-24-,28-25-,30-29-,38-35-. The van der Waals surface area contributed by atoms with Gasteiger partial charge in [0, 0.05) is 19.3 Å². The third-order valence-corrected chi connectivity index (χ3v) is 11.9. The van der Waals surface area contributed by atoms with Crippen molar-refractivity contribution in [2.24, 2.45) is 0 Å². The number of hydrogen-bond donors (Lipinski definition) is 2. The van der Waals surface area contributed by atoms with E-state index >= 15 is 0 Å². The van der Waals surface area contributed by atoms with Crippen LogP contribution >= 0.6 is 7.82 Å². The molecule has 2 N–H and O–H groups in total. The van der Waals surface area contributed by atoms with E-state index < -0.39 is 57.8 Å². The van der Waals surface area contributed by atoms with Crippen LogP contribution in [0.3, 0.4) is 0 Å². The second kappa shape index (κ2) is 51.7. The number of phosphoric acid groups is 1. The lowest BCUT2D eigenvalue weighted by Crippen LogP contribution is -2.30. The highest BCUT2D eigenvalue weighted by Crippen LogP contribution is 2.43. The van der Waals surface area contributed by atoms with Crippen molar-refractivity contribution in [3.63, 3.8) is 0 Å². The molecule has 0 radical (unpaired) electrons. The zero-order valence-corrected chi connectivity index (χ0v) is 44.8. The predicted octanol–water partition coefficient (Wildman–Crippen LogP) is 15.7. The Kier molecular flexibility index (Phi) is 49.1. The lowest BCUT2D eigenvalue weighted by molar-refractivity contribution is -0.161. The SMILES string of the molecule is CC/C=C\C/C=C\C/C=C\C/C=C\C/C=C\CCCC(=O)OCC(COP(=O)(O)OCC(CO)OC(=O)CCCCCCC/C=C\CCCC)OC(=O)CCCCCCC/C=C\C/C=C\CCCCC. The van der Waals surface area contributed by atoms with Crippen LogP contribution < -0.4 is 0 Å². The molecular weight excluding hydrogens is 904 g/mol. The highest BCUT2D eigenvalue weighted by atomic mass is 31.2. The van der Waals surface area contributed by atoms with Gasteiger partial charge in [-0.1, -0.05) is 182 Å². The summed E-state index contributed by atoms with van der Waals surface area (Å²) in [6, 6.07) is 0. The molecule has 0 saturated heterocycles. The summed E-state index contributed by atoms with van der Waals surface area (Å²) >= 11 is 0. The summed E-state index contributed by atoms with van der Waals surface area (Å²) in [5.74, 6) is -1.57. The van der Waals surface area contributed by atoms with Crippen molar-refractivity contribution in [2.45, 2.75) is 226 Å². The summed E-state index contributed by atoms with van der Waals surface area (Å²) in [5.41, 5.74) is 0. The van der Waals surface area contributed by atoms with E-state index in [2.05, 4.69) is 112 Å². The van der Waals surface area contributed by atoms with E-state index in [1.54, 1.807) is 0 Å². The first-order valence-electron chi connectivity index (χ1n) is 27.1. The van der Waals surface area contributed by atoms with E-state index in [-0.39, 0.29) is 25.9 Å². The molecule has 0 saturated carbocycles. The van der Waals surface area contributed by atoms with Gasteiger partial charge in [0.2, 0.25) is 0 Å². The largest absolute Gasteiger partial charge is 0.472 e. The van der Waals surface area contributed by atoms with Crippen molar-refractivity contribution in [1.82, 2.24) is 0 Å². The smallest absolute Gasteiger partial charge is 0.462 e. The molecule has 0 spiro atoms. The molecule has 12 heteroatoms. The Balaban J connectivity index is 4.87. The number of carbonyl (C=O) groups excluding carboxylic acids is 3. The highest BCUT2D eigenvalue weighted by Gasteiger charge is 2.28. The molecule has 70 heavy (non-hydrogen) atoms. The van der Waals surface area contributed by atoms with Gasteiger partial charge in [-0.2, -0.15) is 0 Å². The van der Waals surface area contributed by atoms with Crippen LogP contribution in [0.4, 0.5) is 0 Å². The summed E-state index contributed by atoms with van der Waals surface area (Å²) in [6.07, 6.45) is 59.5. The van der Waals surface area contributed by atoms with Crippen molar-refractivity contribution < 1.29 is 52.2 Å². The van der Waals surface area contributed by atoms with E-state index in [0.29, 0.717) is 25.7 Å². The Bertz CT molecular complexity index is 1540. The third-order valence-electron chi connectivity index (χ3n) is 11.0. The molecule has 0 aliphatic carbocycles. The first kappa shape index (κ1) is 66.4. The van der Waals surface area contributed by atoms with E-state index in [4.69, 9.17) is 23.3 Å². The van der Waals surface area contributed by atoms with Gasteiger partial charge < -0.3 is 24.2 Å². The fourth-order valence-electron chi connectivity index (χ4n) is 6.81. The second-order valence-corrected chi connectivity index (χ2v) is 19.1. The molecule has 0 aliphatic rings. The van der Waals surface area contributed by atoms with Crippen LogP contribution in [0.25, 0.3) is 0 Å². The minimum Gasteiger partial charge on any atom is -0.462 e. The maximum Gasteiger partial charge on any atom is 0.472 e. The van der Waals surface area contributed by atoms with Crippen LogP contribution in [0.5, 0.6) is 0 Å². The molecular formula is C58H97O11P. The highest BCUT2D eigenvalue weighted by molar-refractivity contribution is 7.47. The van der Waals surface area contributed by atoms with Crippen molar-refractivity contribution in [2.75, 3.05) is 26.4 Å². The summed E-state index contributed by atoms with van der Waals surface area (Å²) < 4.78 is 39.3. The quantitative estimate of drug-likeness (QED) is 0.0197. The Labute approximate surface area is 425 Å². The molecule has 0 amide bonds. The predicted molar refractivity (Wildman–Crippen MR) is 288 cm³/mol. The van der Waals surface area contributed by atoms with Crippen molar-refractivity contribution in [1.29, 1.82) is 0 Å². The number of allylic oxidation sites excluding steroid dienone is 16. The molecule has 11 nitrogen and oxygen atoms in total. The van der Waals surface area contributed by atoms with Gasteiger partial charge in [-0.25, -0.2) is 4.57 Å². The molecule has 0 aromatic carbocycles. The maximum atomic E-state index is 12.9. The summed E-state index contributed by atoms with van der Waals surface area (Å²) in [7, 11) is -4.76. The zero-order valence-electron chi connectivity index (χ0n) is 43.9. The molecule has 0 rings (SSSR count). The molecule has 3 unspecified atom stereocenters. The Hall–Kier alpha value is -3.60. The number of hydrogen-bond acceptors (Lipinski definition) is 10. The summed E-state index contributed by atoms with van der Waals surface area (Å²) in [6.45, 7) is 4.35. The number of aliphatic hydroxyl groups is 1. The topological polar surface area (TPSA) is 155 Å². The maximum absolute atomic E-state index is 12.9. The van der Waals surface area contributed by atoms with Crippen molar-refractivity contribution >= 4 is 25.7 Å². The first-order valence-corrected chi connectivity index (χ1v) is 28.6. The second-order valence-electron chi connectivity index (χ2n) is 17.7. The lowest BCUT2D eigenvalue weighted by atomic mass is 10.1. The van der Waals surface area contributed by atoms with E-state index in [1.165, 1.54) is 32.1 Å². The first-order chi connectivity index (χ1) is 34.2. The fourth-order valence-corrected chi connectivity index (χ4v) is 7.60. The number of carbonyl (C=O) groups is 3. The van der Waals surface area contributed by atoms with Gasteiger partial charge in [-0.3, -0.25) is 23.4 Å². The number of esters is 3. The normalized spacial score (nSPS) is 14.2. The van der Waals surface area contributed by atoms with Crippen LogP contribution in [-0.2, 0) is 42.2 Å². The molecule has 0 bridgehead atoms. The van der Waals surface area contributed by atoms with E-state index in [1.807, 2.05) is 6.08 Å². The number of rotatable bonds is 49. The lowest BCUT2D eigenvalue weighted by Gasteiger charge is -2.21. The van der Waals surface area contributed by atoms with Gasteiger partial charge in [0.25, 0.3) is 0 Å². The van der Waals surface area contributed by atoms with Crippen LogP contribution in [0.2, 0.25) is 0 Å². The Morgan fingerprint density at radius 3 is 1.24 bits per heavy atom. The van der Waals surface area contributed by atoms with Crippen molar-refractivity contribution in [3.8, 4) is 0 Å². The average Bonchev–Trinajstić information content (AvgIpc) is 3.35. The van der Waals surface area contributed by atoms with Gasteiger partial charge in [0.15, 0.2) is 6.10 Å². The van der Waals surface area contributed by atoms with Gasteiger partial charge in [0.1, 0.15) is 12.7 Å². The molecule has 0 fully saturated rings. The monoisotopic (exact) mass is 1000 g/mol. The van der Waals surface area contributed by atoms with Crippen LogP contribution in [-0.4, -0.2) is 66.5 Å². The van der Waals surface area contributed by atoms with Crippen LogP contribution in [0.15, 0.2) is 97.2 Å². The summed E-state index contributed by atoms with van der Waals surface area (Å²) in [5, 5.41) is 9.77. The summed E-state index contributed by atoms with van der Waals surface area (Å²) in [4.78, 5) is 48.4. The number of unbranched alkanes of at least 4 members (excludes halogenated alkanes) is 16. The average molecular weight is 1000 g/mol. The molecule has 0 aliphatic heterocycles. The number of phosphoric ester groups is 1. The molecule has 400 valence electrons. The molecule has 0 aromatic heterocycles. The fraction of sp³-hybridized carbons (Fsp3) is 0.672. The third kappa shape index (κ3) is 49.4. The van der Waals surface area contributed by atoms with E-state index in [9.17, 15) is 28.9 Å². The molecule has 3 atom stereocenters. The van der Waals surface area contributed by atoms with Crippen molar-refractivity contribution in [3.05, 3.63) is 97.2 Å². The minimum atomic E-state index is -4.76. The van der Waals surface area contributed by atoms with Gasteiger partial charge in [-0.15, -0.1) is 0 Å². The van der Waals surface area contributed by atoms with Crippen LogP contribution in [0, 0.1) is 0 Å². The van der Waals surface area contributed by atoms with Gasteiger partial charge >= 0.3 is 25.7 Å². The Morgan fingerprint density at radius 1 is 0.414 bits per heavy atom. The molecule has 0 heterocycles. The number of ether oxygens (including phenoxy) is 3. The minimum absolute atomic E-state index is 0.135. The van der Waals surface area contributed by atoms with Gasteiger partial charge in [-0.05, 0) is 109 Å². The zero-order chi connectivity index (χ0) is 51.3. The molecule has 0 aromatic rings. The number of aliphatic hydroxyl groups excluding tert-OH is 1.